The number of aromatic nitrogens is 4. The standard InChI is InChI=1S/C17H19N5OS/c1-9(2)13-14(20-17-15(13)21(8-24-17)11(4)23)12-5-10(3)16-18-7-19-22(16)6-12/h5-7,9,20H,8H2,1-4H3. The van der Waals surface area contributed by atoms with Crippen LogP contribution in [0.5, 0.6) is 0 Å². The van der Waals surface area contributed by atoms with Gasteiger partial charge in [-0.3, -0.25) is 9.69 Å². The molecule has 0 saturated carbocycles. The molecule has 4 rings (SSSR count). The number of anilines is 1. The van der Waals surface area contributed by atoms with E-state index in [0.29, 0.717) is 11.8 Å². The lowest BCUT2D eigenvalue weighted by Crippen LogP contribution is -2.25. The number of fused-ring (bicyclic) bond motifs is 2. The largest absolute Gasteiger partial charge is 0.348 e. The molecule has 0 unspecified atom stereocenters. The summed E-state index contributed by atoms with van der Waals surface area (Å²) in [6.45, 7) is 7.98. The van der Waals surface area contributed by atoms with Crippen molar-refractivity contribution in [2.24, 2.45) is 0 Å². The Hall–Kier alpha value is -2.28. The molecular formula is C17H19N5OS. The van der Waals surface area contributed by atoms with E-state index < -0.39 is 0 Å². The fourth-order valence-electron chi connectivity index (χ4n) is 3.32. The number of hydrogen-bond donors (Lipinski definition) is 1. The number of rotatable bonds is 2. The SMILES string of the molecule is CC(=O)N1CSc2[nH]c(-c3cc(C)c4ncnn4c3)c(C(C)C)c21. The quantitative estimate of drug-likeness (QED) is 0.774. The average Bonchev–Trinajstić information content (AvgIpc) is 3.19. The summed E-state index contributed by atoms with van der Waals surface area (Å²) in [5.41, 5.74) is 6.29. The second-order valence-electron chi connectivity index (χ2n) is 6.41. The minimum atomic E-state index is 0.0802. The Kier molecular flexibility index (Phi) is 3.42. The third-order valence-corrected chi connectivity index (χ3v) is 5.36. The lowest BCUT2D eigenvalue weighted by molar-refractivity contribution is -0.116. The summed E-state index contributed by atoms with van der Waals surface area (Å²) >= 11 is 1.68. The molecule has 0 fully saturated rings. The highest BCUT2D eigenvalue weighted by Crippen LogP contribution is 2.48. The zero-order chi connectivity index (χ0) is 17.0. The first-order valence-electron chi connectivity index (χ1n) is 7.94. The van der Waals surface area contributed by atoms with E-state index in [0.717, 1.165) is 33.2 Å². The number of hydrogen-bond acceptors (Lipinski definition) is 4. The topological polar surface area (TPSA) is 66.3 Å². The summed E-state index contributed by atoms with van der Waals surface area (Å²) in [5, 5.41) is 5.34. The molecule has 1 amide bonds. The highest BCUT2D eigenvalue weighted by Gasteiger charge is 2.32. The number of carbonyl (C=O) groups excluding carboxylic acids is 1. The molecule has 3 aromatic rings. The van der Waals surface area contributed by atoms with Crippen LogP contribution in [0, 0.1) is 6.92 Å². The van der Waals surface area contributed by atoms with Crippen molar-refractivity contribution < 1.29 is 4.79 Å². The van der Waals surface area contributed by atoms with Gasteiger partial charge in [0.1, 0.15) is 6.33 Å². The Balaban J connectivity index is 1.95. The Morgan fingerprint density at radius 3 is 2.92 bits per heavy atom. The number of nitrogens with zero attached hydrogens (tertiary/aromatic N) is 4. The average molecular weight is 341 g/mol. The lowest BCUT2D eigenvalue weighted by atomic mass is 9.97. The van der Waals surface area contributed by atoms with Gasteiger partial charge in [-0.1, -0.05) is 25.6 Å². The van der Waals surface area contributed by atoms with Gasteiger partial charge >= 0.3 is 0 Å². The zero-order valence-electron chi connectivity index (χ0n) is 14.1. The minimum absolute atomic E-state index is 0.0802. The summed E-state index contributed by atoms with van der Waals surface area (Å²) in [7, 11) is 0. The number of aromatic amines is 1. The third-order valence-electron chi connectivity index (χ3n) is 4.39. The fraction of sp³-hybridized carbons (Fsp3) is 0.353. The van der Waals surface area contributed by atoms with Gasteiger partial charge in [0, 0.05) is 24.2 Å². The summed E-state index contributed by atoms with van der Waals surface area (Å²) in [4.78, 5) is 21.7. The maximum Gasteiger partial charge on any atom is 0.224 e. The maximum absolute atomic E-state index is 12.0. The van der Waals surface area contributed by atoms with Gasteiger partial charge in [0.15, 0.2) is 5.65 Å². The van der Waals surface area contributed by atoms with Crippen LogP contribution >= 0.6 is 11.8 Å². The van der Waals surface area contributed by atoms with E-state index in [9.17, 15) is 4.79 Å². The molecule has 124 valence electrons. The smallest absolute Gasteiger partial charge is 0.224 e. The van der Waals surface area contributed by atoms with Gasteiger partial charge in [-0.25, -0.2) is 9.50 Å². The molecule has 3 aromatic heterocycles. The van der Waals surface area contributed by atoms with Crippen LogP contribution in [0.2, 0.25) is 0 Å². The zero-order valence-corrected chi connectivity index (χ0v) is 14.9. The first kappa shape index (κ1) is 15.3. The Labute approximate surface area is 144 Å². The van der Waals surface area contributed by atoms with Crippen molar-refractivity contribution in [3.05, 3.63) is 29.7 Å². The summed E-state index contributed by atoms with van der Waals surface area (Å²) in [5.74, 6) is 1.06. The molecule has 4 heterocycles. The molecule has 0 aliphatic carbocycles. The lowest BCUT2D eigenvalue weighted by Gasteiger charge is -2.18. The predicted octanol–water partition coefficient (Wildman–Crippen LogP) is 3.57. The van der Waals surface area contributed by atoms with Crippen molar-refractivity contribution in [2.45, 2.75) is 38.6 Å². The number of pyridine rings is 1. The van der Waals surface area contributed by atoms with Crippen LogP contribution < -0.4 is 4.90 Å². The molecule has 0 aromatic carbocycles. The van der Waals surface area contributed by atoms with E-state index >= 15 is 0 Å². The van der Waals surface area contributed by atoms with Crippen LogP contribution in [0.15, 0.2) is 23.6 Å². The van der Waals surface area contributed by atoms with Crippen molar-refractivity contribution in [1.29, 1.82) is 0 Å². The molecule has 7 heteroatoms. The highest BCUT2D eigenvalue weighted by atomic mass is 32.2. The first-order chi connectivity index (χ1) is 11.5. The van der Waals surface area contributed by atoms with Crippen molar-refractivity contribution >= 4 is 29.0 Å². The first-order valence-corrected chi connectivity index (χ1v) is 8.93. The highest BCUT2D eigenvalue weighted by molar-refractivity contribution is 7.99. The molecule has 6 nitrogen and oxygen atoms in total. The molecule has 1 aliphatic heterocycles. The van der Waals surface area contributed by atoms with E-state index in [1.54, 1.807) is 29.5 Å². The van der Waals surface area contributed by atoms with Crippen LogP contribution in [0.4, 0.5) is 5.69 Å². The number of nitrogens with one attached hydrogen (secondary N) is 1. The Morgan fingerprint density at radius 1 is 1.42 bits per heavy atom. The van der Waals surface area contributed by atoms with E-state index in [1.807, 2.05) is 18.0 Å². The van der Waals surface area contributed by atoms with Gasteiger partial charge in [0.05, 0.1) is 22.3 Å². The van der Waals surface area contributed by atoms with Crippen LogP contribution in [0.3, 0.4) is 0 Å². The number of H-pyrrole nitrogens is 1. The molecule has 1 N–H and O–H groups in total. The van der Waals surface area contributed by atoms with E-state index in [2.05, 4.69) is 35.0 Å². The maximum atomic E-state index is 12.0. The molecular weight excluding hydrogens is 322 g/mol. The van der Waals surface area contributed by atoms with E-state index in [1.165, 1.54) is 5.56 Å². The second-order valence-corrected chi connectivity index (χ2v) is 7.36. The predicted molar refractivity (Wildman–Crippen MR) is 95.5 cm³/mol. The molecule has 0 radical (unpaired) electrons. The van der Waals surface area contributed by atoms with Gasteiger partial charge in [-0.2, -0.15) is 5.10 Å². The second kappa shape index (κ2) is 5.37. The van der Waals surface area contributed by atoms with E-state index in [-0.39, 0.29) is 5.91 Å². The molecule has 0 bridgehead atoms. The van der Waals surface area contributed by atoms with Gasteiger partial charge in [0.25, 0.3) is 0 Å². The fourth-order valence-corrected chi connectivity index (χ4v) is 4.42. The van der Waals surface area contributed by atoms with Crippen molar-refractivity contribution in [3.63, 3.8) is 0 Å². The number of amides is 1. The van der Waals surface area contributed by atoms with Crippen molar-refractivity contribution in [1.82, 2.24) is 19.6 Å². The summed E-state index contributed by atoms with van der Waals surface area (Å²) in [6, 6.07) is 2.12. The molecule has 0 atom stereocenters. The number of carbonyl (C=O) groups is 1. The van der Waals surface area contributed by atoms with Gasteiger partial charge in [-0.05, 0) is 24.5 Å². The summed E-state index contributed by atoms with van der Waals surface area (Å²) in [6.07, 6.45) is 3.56. The van der Waals surface area contributed by atoms with Crippen molar-refractivity contribution in [3.8, 4) is 11.3 Å². The van der Waals surface area contributed by atoms with Crippen LogP contribution in [0.25, 0.3) is 16.9 Å². The minimum Gasteiger partial charge on any atom is -0.348 e. The van der Waals surface area contributed by atoms with Crippen LogP contribution in [0.1, 0.15) is 37.8 Å². The Morgan fingerprint density at radius 2 is 2.21 bits per heavy atom. The van der Waals surface area contributed by atoms with Gasteiger partial charge < -0.3 is 4.98 Å². The monoisotopic (exact) mass is 341 g/mol. The molecule has 24 heavy (non-hydrogen) atoms. The normalized spacial score (nSPS) is 14.0. The Bertz CT molecular complexity index is 955. The van der Waals surface area contributed by atoms with Crippen molar-refractivity contribution in [2.75, 3.05) is 10.8 Å². The number of aryl methyl sites for hydroxylation is 1. The van der Waals surface area contributed by atoms with Gasteiger partial charge in [0.2, 0.25) is 5.91 Å². The molecule has 1 aliphatic rings. The summed E-state index contributed by atoms with van der Waals surface area (Å²) < 4.78 is 1.80. The third kappa shape index (κ3) is 2.15. The molecule has 0 saturated heterocycles. The van der Waals surface area contributed by atoms with Gasteiger partial charge in [-0.15, -0.1) is 0 Å². The number of thioether (sulfide) groups is 1. The van der Waals surface area contributed by atoms with E-state index in [4.69, 9.17) is 0 Å². The molecule has 0 spiro atoms. The van der Waals surface area contributed by atoms with Crippen LogP contribution in [-0.2, 0) is 4.79 Å². The van der Waals surface area contributed by atoms with Crippen LogP contribution in [-0.4, -0.2) is 31.4 Å².